The van der Waals surface area contributed by atoms with Crippen molar-refractivity contribution in [3.05, 3.63) is 0 Å². The average molecular weight is 905 g/mol. The van der Waals surface area contributed by atoms with E-state index in [1.54, 1.807) is 0 Å². The second kappa shape index (κ2) is 29.0. The van der Waals surface area contributed by atoms with Gasteiger partial charge in [-0.2, -0.15) is 13.5 Å². The van der Waals surface area contributed by atoms with Gasteiger partial charge in [-0.05, 0) is 41.9 Å². The SMILES string of the molecule is C#CC#CC#CC#CC(=O)OC[C@H](COP(=O)(O)OC1C(O)[C@@H](O)C(OP(=O)(O)O)[C@@H](OP(=O)(O)O)[C@H]1O)OC(=O)CCCCCCCCCCCCCCC.S.[HH].[HH].[HH].[HH].[HH].[HH].[HH]. The molecule has 0 aromatic carbocycles. The summed E-state index contributed by atoms with van der Waals surface area (Å²) in [6, 6.07) is 0. The highest BCUT2D eigenvalue weighted by molar-refractivity contribution is 7.59. The molecule has 1 aliphatic carbocycles. The second-order valence-corrected chi connectivity index (χ2v) is 16.3. The number of carbonyl (C=O) groups excluding carboxylic acids is 2. The normalized spacial score (nSPS) is 22.0. The highest BCUT2D eigenvalue weighted by Gasteiger charge is 2.56. The van der Waals surface area contributed by atoms with Crippen LogP contribution in [0.5, 0.6) is 0 Å². The molecule has 338 valence electrons. The number of terminal acetylenes is 1. The Labute approximate surface area is 349 Å². The Hall–Kier alpha value is -2.26. The zero-order valence-corrected chi connectivity index (χ0v) is 35.0. The maximum atomic E-state index is 12.9. The molecule has 0 aliphatic heterocycles. The van der Waals surface area contributed by atoms with Crippen LogP contribution in [0.2, 0.25) is 0 Å². The molecule has 1 aliphatic rings. The van der Waals surface area contributed by atoms with Crippen LogP contribution in [0.15, 0.2) is 0 Å². The average Bonchev–Trinajstić information content (AvgIpc) is 3.11. The number of carbonyl (C=O) groups is 2. The molecule has 0 aromatic heterocycles. The van der Waals surface area contributed by atoms with E-state index in [1.165, 1.54) is 44.9 Å². The van der Waals surface area contributed by atoms with E-state index in [1.807, 2.05) is 11.8 Å². The van der Waals surface area contributed by atoms with Crippen LogP contribution in [-0.4, -0.2) is 108 Å². The molecule has 19 nitrogen and oxygen atoms in total. The number of phosphoric acid groups is 3. The van der Waals surface area contributed by atoms with Gasteiger partial charge in [-0.1, -0.05) is 84.0 Å². The lowest BCUT2D eigenvalue weighted by atomic mass is 9.85. The van der Waals surface area contributed by atoms with Gasteiger partial charge >= 0.3 is 35.4 Å². The van der Waals surface area contributed by atoms with Crippen molar-refractivity contribution in [3.8, 4) is 47.9 Å². The van der Waals surface area contributed by atoms with Gasteiger partial charge in [0.25, 0.3) is 0 Å². The maximum absolute atomic E-state index is 12.9. The Balaban J connectivity index is -0.000000653. The Morgan fingerprint density at radius 2 is 1.11 bits per heavy atom. The largest absolute Gasteiger partial charge is 0.472 e. The topological polar surface area (TPSA) is 303 Å². The van der Waals surface area contributed by atoms with Crippen molar-refractivity contribution in [2.75, 3.05) is 13.2 Å². The third-order valence-electron chi connectivity index (χ3n) is 7.89. The number of esters is 2. The highest BCUT2D eigenvalue weighted by Crippen LogP contribution is 2.51. The molecule has 1 saturated carbocycles. The predicted molar refractivity (Wildman–Crippen MR) is 221 cm³/mol. The number of ether oxygens (including phenoxy) is 2. The summed E-state index contributed by atoms with van der Waals surface area (Å²) >= 11 is 0. The van der Waals surface area contributed by atoms with Gasteiger partial charge in [0.2, 0.25) is 0 Å². The fourth-order valence-electron chi connectivity index (χ4n) is 5.28. The molecule has 0 bridgehead atoms. The predicted octanol–water partition coefficient (Wildman–Crippen LogP) is 3.96. The summed E-state index contributed by atoms with van der Waals surface area (Å²) in [4.78, 5) is 71.9. The van der Waals surface area contributed by atoms with Gasteiger partial charge < -0.3 is 49.3 Å². The monoisotopic (exact) mass is 904 g/mol. The minimum Gasteiger partial charge on any atom is -0.456 e. The van der Waals surface area contributed by atoms with E-state index >= 15 is 0 Å². The zero-order chi connectivity index (χ0) is 42.2. The van der Waals surface area contributed by atoms with E-state index in [9.17, 15) is 53.3 Å². The molecule has 0 saturated heterocycles. The summed E-state index contributed by atoms with van der Waals surface area (Å²) in [5.74, 6) is 13.2. The molecule has 1 fully saturated rings. The van der Waals surface area contributed by atoms with E-state index in [0.29, 0.717) is 6.42 Å². The van der Waals surface area contributed by atoms with Crippen molar-refractivity contribution in [1.29, 1.82) is 0 Å². The molecule has 4 unspecified atom stereocenters. The Bertz CT molecular complexity index is 1640. The van der Waals surface area contributed by atoms with Crippen LogP contribution < -0.4 is 0 Å². The molecule has 0 spiro atoms. The summed E-state index contributed by atoms with van der Waals surface area (Å²) in [7, 11) is -16.7. The summed E-state index contributed by atoms with van der Waals surface area (Å²) < 4.78 is 64.2. The number of unbranched alkanes of at least 4 members (excludes halogenated alkanes) is 12. The number of aliphatic hydroxyl groups is 3. The quantitative estimate of drug-likeness (QED) is 0.0200. The van der Waals surface area contributed by atoms with Gasteiger partial charge in [0, 0.05) is 22.3 Å². The lowest BCUT2D eigenvalue weighted by Gasteiger charge is -2.44. The van der Waals surface area contributed by atoms with Crippen molar-refractivity contribution in [2.45, 2.75) is 140 Å². The summed E-state index contributed by atoms with van der Waals surface area (Å²) in [6.07, 6.45) is 2.10. The molecule has 0 radical (unpaired) electrons. The smallest absolute Gasteiger partial charge is 0.456 e. The van der Waals surface area contributed by atoms with Gasteiger partial charge in [0.1, 0.15) is 43.2 Å². The third-order valence-corrected chi connectivity index (χ3v) is 9.91. The Kier molecular flexibility index (Phi) is 27.9. The minimum absolute atomic E-state index is 0. The fraction of sp³-hybridized carbons (Fsp3) is 0.706. The van der Waals surface area contributed by atoms with Crippen molar-refractivity contribution in [3.63, 3.8) is 0 Å². The highest BCUT2D eigenvalue weighted by atomic mass is 32.1. The fourth-order valence-corrected chi connectivity index (χ4v) is 7.38. The Morgan fingerprint density at radius 3 is 1.61 bits per heavy atom. The molecular formula is C34H67O19P3S. The first-order chi connectivity index (χ1) is 26.3. The molecular weight excluding hydrogens is 837 g/mol. The van der Waals surface area contributed by atoms with Crippen LogP contribution in [0.3, 0.4) is 0 Å². The van der Waals surface area contributed by atoms with E-state index in [2.05, 4.69) is 45.6 Å². The van der Waals surface area contributed by atoms with Crippen molar-refractivity contribution >= 4 is 48.9 Å². The molecule has 8 N–H and O–H groups in total. The van der Waals surface area contributed by atoms with Crippen LogP contribution in [-0.2, 0) is 50.9 Å². The molecule has 1 rings (SSSR count). The summed E-state index contributed by atoms with van der Waals surface area (Å²) in [6.45, 7) is 0.396. The van der Waals surface area contributed by atoms with Crippen molar-refractivity contribution in [1.82, 2.24) is 0 Å². The maximum Gasteiger partial charge on any atom is 0.472 e. The first kappa shape index (κ1) is 54.7. The standard InChI is InChI=1S/C34H51O19P3.H2S.7H2/c1-3-5-7-9-11-12-13-14-15-16-17-19-21-23-28(36)50-26(24-48-27(35)22-20-18-10-8-6-4-2)25-49-56(46,47)53-32-29(37)30(38)33(51-54(40,41)42)34(31(32)39)52-55(43,44)45;;;;;;;;/h2,26,29-34,37-39H,3,5,7,9,11-17,19,21,23-25H2,1H3,(H,46,47)(H2,40,41,42)(H2,43,44,45);1H2;7*1H/t26-,29?,30-,31+,32?,33?,34+;;;;;;;;/m1......../s1. The zero-order valence-electron chi connectivity index (χ0n) is 31.3. The number of hydrogen-bond acceptors (Lipinski definition) is 14. The number of aliphatic hydroxyl groups excluding tert-OH is 3. The van der Waals surface area contributed by atoms with Crippen molar-refractivity contribution < 1.29 is 101 Å². The third kappa shape index (κ3) is 25.8. The van der Waals surface area contributed by atoms with Gasteiger partial charge in [-0.3, -0.25) is 22.9 Å². The van der Waals surface area contributed by atoms with E-state index < -0.39 is 91.3 Å². The van der Waals surface area contributed by atoms with Crippen LogP contribution in [0.25, 0.3) is 0 Å². The summed E-state index contributed by atoms with van der Waals surface area (Å²) in [5.41, 5.74) is 0. The number of rotatable bonds is 26. The van der Waals surface area contributed by atoms with Crippen molar-refractivity contribution in [2.24, 2.45) is 0 Å². The van der Waals surface area contributed by atoms with Crippen LogP contribution in [0, 0.1) is 47.9 Å². The van der Waals surface area contributed by atoms with E-state index in [-0.39, 0.29) is 29.9 Å². The van der Waals surface area contributed by atoms with Gasteiger partial charge in [0.05, 0.1) is 6.61 Å². The molecule has 8 atom stereocenters. The van der Waals surface area contributed by atoms with E-state index in [0.717, 1.165) is 32.1 Å². The molecule has 0 heterocycles. The van der Waals surface area contributed by atoms with E-state index in [4.69, 9.17) is 34.7 Å². The molecule has 57 heavy (non-hydrogen) atoms. The summed E-state index contributed by atoms with van der Waals surface area (Å²) in [5, 5.41) is 31.5. The van der Waals surface area contributed by atoms with Gasteiger partial charge in [-0.25, -0.2) is 18.5 Å². The number of hydrogen-bond donors (Lipinski definition) is 8. The second-order valence-electron chi connectivity index (χ2n) is 12.5. The van der Waals surface area contributed by atoms with Gasteiger partial charge in [0.15, 0.2) is 6.10 Å². The van der Waals surface area contributed by atoms with Crippen LogP contribution in [0.4, 0.5) is 0 Å². The van der Waals surface area contributed by atoms with Crippen LogP contribution in [0.1, 0.15) is 107 Å². The molecule has 0 aromatic rings. The van der Waals surface area contributed by atoms with Gasteiger partial charge in [-0.15, -0.1) is 6.42 Å². The lowest BCUT2D eigenvalue weighted by molar-refractivity contribution is -0.213. The minimum atomic E-state index is -5.62. The lowest BCUT2D eigenvalue weighted by Crippen LogP contribution is -2.65. The first-order valence-corrected chi connectivity index (χ1v) is 22.4. The molecule has 23 heteroatoms. The first-order valence-electron chi connectivity index (χ1n) is 17.8. The Morgan fingerprint density at radius 1 is 0.649 bits per heavy atom. The van der Waals surface area contributed by atoms with Crippen LogP contribution >= 0.6 is 37.0 Å². The number of phosphoric ester groups is 3. The molecule has 0 amide bonds.